The van der Waals surface area contributed by atoms with Gasteiger partial charge in [0.1, 0.15) is 0 Å². The largest absolute Gasteiger partial charge is 0.306 e. The van der Waals surface area contributed by atoms with Gasteiger partial charge in [-0.2, -0.15) is 0 Å². The van der Waals surface area contributed by atoms with Crippen LogP contribution in [0.3, 0.4) is 0 Å². The fraction of sp³-hybridized carbons (Fsp3) is 1.00. The van der Waals surface area contributed by atoms with Gasteiger partial charge < -0.3 is 4.57 Å². The molecule has 0 N–H and O–H groups in total. The molecule has 1 aliphatic heterocycles. The molecule has 0 aromatic heterocycles. The summed E-state index contributed by atoms with van der Waals surface area (Å²) < 4.78 is 2.95. The lowest BCUT2D eigenvalue weighted by Crippen LogP contribution is -2.55. The van der Waals surface area contributed by atoms with Gasteiger partial charge in [-0.3, -0.25) is 0 Å². The zero-order valence-electron chi connectivity index (χ0n) is 14.0. The fourth-order valence-corrected chi connectivity index (χ4v) is 9.73. The molecule has 3 saturated carbocycles. The van der Waals surface area contributed by atoms with Crippen LogP contribution in [0.15, 0.2) is 0 Å². The number of fused-ring (bicyclic) bond motifs is 5. The van der Waals surface area contributed by atoms with E-state index in [4.69, 9.17) is 11.1 Å². The van der Waals surface area contributed by atoms with Crippen molar-refractivity contribution in [3.8, 4) is 0 Å². The fourth-order valence-electron chi connectivity index (χ4n) is 6.81. The average Bonchev–Trinajstić information content (AvgIpc) is 2.92. The number of halogens is 1. The molecule has 3 heteroatoms. The van der Waals surface area contributed by atoms with E-state index in [-0.39, 0.29) is 0 Å². The minimum Gasteiger partial charge on any atom is -0.306 e. The third kappa shape index (κ3) is 2.35. The molecule has 0 bridgehead atoms. The van der Waals surface area contributed by atoms with E-state index in [1.165, 1.54) is 44.9 Å². The Bertz CT molecular complexity index is 407. The minimum absolute atomic E-state index is 0.846. The van der Waals surface area contributed by atoms with Gasteiger partial charge in [0.25, 0.3) is 0 Å². The number of rotatable bonds is 1. The van der Waals surface area contributed by atoms with Crippen molar-refractivity contribution >= 4 is 18.6 Å². The zero-order chi connectivity index (χ0) is 14.8. The van der Waals surface area contributed by atoms with Crippen LogP contribution in [0.5, 0.6) is 0 Å². The Kier molecular flexibility index (Phi) is 3.75. The predicted octanol–water partition coefficient (Wildman–Crippen LogP) is 5.24. The normalized spacial score (nSPS) is 50.6. The van der Waals surface area contributed by atoms with Gasteiger partial charge in [0.2, 0.25) is 7.55 Å². The summed E-state index contributed by atoms with van der Waals surface area (Å²) in [6.07, 6.45) is 11.9. The summed E-state index contributed by atoms with van der Waals surface area (Å²) in [5, 5.41) is 0. The molecule has 0 radical (unpaired) electrons. The maximum Gasteiger partial charge on any atom is 0.223 e. The Hall–Kier alpha value is 0.467. The summed E-state index contributed by atoms with van der Waals surface area (Å²) in [6, 6.07) is 1.72. The first kappa shape index (κ1) is 15.0. The van der Waals surface area contributed by atoms with E-state index in [1.54, 1.807) is 6.42 Å². The third-order valence-electron chi connectivity index (χ3n) is 7.39. The highest BCUT2D eigenvalue weighted by Crippen LogP contribution is 2.59. The molecule has 4 aliphatic rings. The lowest BCUT2D eigenvalue weighted by Gasteiger charge is -2.44. The van der Waals surface area contributed by atoms with Crippen LogP contribution in [0.2, 0.25) is 13.1 Å². The molecule has 3 aliphatic carbocycles. The molecule has 21 heavy (non-hydrogen) atoms. The summed E-state index contributed by atoms with van der Waals surface area (Å²) in [7, 11) is -1.71. The van der Waals surface area contributed by atoms with Crippen molar-refractivity contribution in [3.05, 3.63) is 0 Å². The monoisotopic (exact) mass is 325 g/mol. The van der Waals surface area contributed by atoms with Crippen molar-refractivity contribution in [1.29, 1.82) is 0 Å². The van der Waals surface area contributed by atoms with Crippen molar-refractivity contribution in [3.63, 3.8) is 0 Å². The summed E-state index contributed by atoms with van der Waals surface area (Å²) in [4.78, 5) is 0. The lowest BCUT2D eigenvalue weighted by atomic mass is 9.74. The molecule has 4 rings (SSSR count). The Morgan fingerprint density at radius 2 is 1.67 bits per heavy atom. The quantitative estimate of drug-likeness (QED) is 0.470. The molecule has 1 saturated heterocycles. The molecule has 120 valence electrons. The molecule has 0 spiro atoms. The van der Waals surface area contributed by atoms with Crippen molar-refractivity contribution in [2.75, 3.05) is 0 Å². The second kappa shape index (κ2) is 5.24. The lowest BCUT2D eigenvalue weighted by molar-refractivity contribution is 0.144. The van der Waals surface area contributed by atoms with Gasteiger partial charge in [0.15, 0.2) is 0 Å². The molecular weight excluding hydrogens is 294 g/mol. The summed E-state index contributed by atoms with van der Waals surface area (Å²) in [5.41, 5.74) is 0. The minimum atomic E-state index is -1.71. The van der Waals surface area contributed by atoms with Crippen LogP contribution in [0.4, 0.5) is 0 Å². The Morgan fingerprint density at radius 1 is 0.905 bits per heavy atom. The molecule has 0 amide bonds. The second-order valence-electron chi connectivity index (χ2n) is 9.06. The van der Waals surface area contributed by atoms with Gasteiger partial charge in [-0.1, -0.05) is 26.2 Å². The number of nitrogens with zero attached hydrogens (tertiary/aromatic N) is 1. The highest BCUT2D eigenvalue weighted by atomic mass is 35.6. The van der Waals surface area contributed by atoms with Crippen molar-refractivity contribution in [2.45, 2.75) is 83.5 Å². The molecule has 7 unspecified atom stereocenters. The molecule has 7 atom stereocenters. The maximum atomic E-state index is 7.06. The van der Waals surface area contributed by atoms with Crippen LogP contribution in [-0.4, -0.2) is 24.2 Å². The first-order valence-electron chi connectivity index (χ1n) is 9.44. The smallest absolute Gasteiger partial charge is 0.223 e. The first-order chi connectivity index (χ1) is 9.97. The van der Waals surface area contributed by atoms with Crippen molar-refractivity contribution < 1.29 is 0 Å². The van der Waals surface area contributed by atoms with Gasteiger partial charge in [0.05, 0.1) is 0 Å². The topological polar surface area (TPSA) is 3.24 Å². The molecule has 1 nitrogen and oxygen atoms in total. The highest BCUT2D eigenvalue weighted by Gasteiger charge is 2.60. The number of hydrogen-bond donors (Lipinski definition) is 0. The van der Waals surface area contributed by atoms with E-state index in [0.717, 1.165) is 41.7 Å². The van der Waals surface area contributed by atoms with Crippen LogP contribution < -0.4 is 0 Å². The van der Waals surface area contributed by atoms with Crippen LogP contribution in [0, 0.1) is 29.6 Å². The highest BCUT2D eigenvalue weighted by molar-refractivity contribution is 7.17. The van der Waals surface area contributed by atoms with Gasteiger partial charge >= 0.3 is 0 Å². The summed E-state index contributed by atoms with van der Waals surface area (Å²) in [6.45, 7) is 7.27. The van der Waals surface area contributed by atoms with E-state index >= 15 is 0 Å². The first-order valence-corrected chi connectivity index (χ1v) is 13.4. The second-order valence-corrected chi connectivity index (χ2v) is 15.2. The third-order valence-corrected chi connectivity index (χ3v) is 9.83. The molecule has 0 aromatic rings. The van der Waals surface area contributed by atoms with Crippen LogP contribution in [0.1, 0.15) is 58.3 Å². The van der Waals surface area contributed by atoms with Crippen molar-refractivity contribution in [1.82, 2.24) is 4.57 Å². The average molecular weight is 326 g/mol. The Balaban J connectivity index is 1.68. The standard InChI is InChI=1S/C18H32ClNSi/c1-12-8-9-17-15(10-12)16-11-13-6-4-5-7-14(13)18(16)20(17)21(2,3)19/h12-18H,4-11H2,1-3H3. The maximum absolute atomic E-state index is 7.06. The zero-order valence-corrected chi connectivity index (χ0v) is 15.8. The van der Waals surface area contributed by atoms with E-state index in [1.807, 2.05) is 0 Å². The van der Waals surface area contributed by atoms with Gasteiger partial charge in [0, 0.05) is 12.1 Å². The van der Waals surface area contributed by atoms with Crippen LogP contribution >= 0.6 is 11.1 Å². The van der Waals surface area contributed by atoms with E-state index in [2.05, 4.69) is 24.6 Å². The van der Waals surface area contributed by atoms with E-state index < -0.39 is 7.55 Å². The molecular formula is C18H32ClNSi. The van der Waals surface area contributed by atoms with Gasteiger partial charge in [-0.15, -0.1) is 11.1 Å². The molecule has 4 fully saturated rings. The molecule has 0 aromatic carbocycles. The van der Waals surface area contributed by atoms with Gasteiger partial charge in [-0.05, 0) is 74.8 Å². The summed E-state index contributed by atoms with van der Waals surface area (Å²) in [5.74, 6) is 4.97. The Labute approximate surface area is 136 Å². The SMILES string of the molecule is CC1CCC2C(C1)C1CC3CCCCC3C1N2[Si](C)(C)Cl. The Morgan fingerprint density at radius 3 is 2.43 bits per heavy atom. The van der Waals surface area contributed by atoms with Crippen molar-refractivity contribution in [2.24, 2.45) is 29.6 Å². The number of hydrogen-bond acceptors (Lipinski definition) is 1. The molecule has 1 heterocycles. The van der Waals surface area contributed by atoms with Crippen LogP contribution in [-0.2, 0) is 0 Å². The predicted molar refractivity (Wildman–Crippen MR) is 92.8 cm³/mol. The van der Waals surface area contributed by atoms with Gasteiger partial charge in [-0.25, -0.2) is 0 Å². The van der Waals surface area contributed by atoms with E-state index in [0.29, 0.717) is 0 Å². The summed E-state index contributed by atoms with van der Waals surface area (Å²) >= 11 is 7.06. The van der Waals surface area contributed by atoms with E-state index in [9.17, 15) is 0 Å². The van der Waals surface area contributed by atoms with Crippen LogP contribution in [0.25, 0.3) is 0 Å².